The molecule has 7 heteroatoms. The number of benzene rings is 3. The van der Waals surface area contributed by atoms with Crippen LogP contribution in [0.1, 0.15) is 20.7 Å². The summed E-state index contributed by atoms with van der Waals surface area (Å²) < 4.78 is 11.1. The molecule has 154 valence electrons. The zero-order chi connectivity index (χ0) is 21.6. The lowest BCUT2D eigenvalue weighted by Crippen LogP contribution is -2.26. The first-order valence-electron chi connectivity index (χ1n) is 9.51. The van der Waals surface area contributed by atoms with E-state index in [0.29, 0.717) is 28.0 Å². The van der Waals surface area contributed by atoms with Gasteiger partial charge in [0, 0.05) is 16.6 Å². The number of ether oxygens (including phenoxy) is 1. The highest BCUT2D eigenvalue weighted by atomic mass is 16.5. The third-order valence-electron chi connectivity index (χ3n) is 4.53. The first-order chi connectivity index (χ1) is 15.1. The van der Waals surface area contributed by atoms with Gasteiger partial charge in [0.25, 0.3) is 11.8 Å². The van der Waals surface area contributed by atoms with E-state index in [-0.39, 0.29) is 11.1 Å². The first-order valence-corrected chi connectivity index (χ1v) is 9.51. The molecule has 31 heavy (non-hydrogen) atoms. The fraction of sp³-hybridized carbons (Fsp3) is 0.0417. The highest BCUT2D eigenvalue weighted by molar-refractivity contribution is 6.05. The van der Waals surface area contributed by atoms with Crippen molar-refractivity contribution in [3.8, 4) is 5.75 Å². The van der Waals surface area contributed by atoms with Crippen LogP contribution in [-0.2, 0) is 0 Å². The zero-order valence-corrected chi connectivity index (χ0v) is 16.7. The summed E-state index contributed by atoms with van der Waals surface area (Å²) in [6.07, 6.45) is 0. The number of amides is 2. The lowest BCUT2D eigenvalue weighted by Gasteiger charge is -2.08. The van der Waals surface area contributed by atoms with Gasteiger partial charge >= 0.3 is 0 Å². The number of nitrogens with one attached hydrogen (secondary N) is 2. The van der Waals surface area contributed by atoms with E-state index in [0.717, 1.165) is 0 Å². The molecule has 0 saturated heterocycles. The van der Waals surface area contributed by atoms with Crippen molar-refractivity contribution in [2.24, 2.45) is 5.10 Å². The molecule has 0 saturated carbocycles. The Morgan fingerprint density at radius 2 is 1.58 bits per heavy atom. The van der Waals surface area contributed by atoms with Crippen molar-refractivity contribution in [2.75, 3.05) is 12.4 Å². The summed E-state index contributed by atoms with van der Waals surface area (Å²) in [5, 5.41) is 7.55. The molecule has 4 aromatic rings. The van der Waals surface area contributed by atoms with Gasteiger partial charge in [0.05, 0.1) is 7.11 Å². The van der Waals surface area contributed by atoms with Crippen molar-refractivity contribution in [2.45, 2.75) is 0 Å². The highest BCUT2D eigenvalue weighted by Gasteiger charge is 2.14. The van der Waals surface area contributed by atoms with Crippen molar-refractivity contribution >= 4 is 28.5 Å². The molecule has 0 bridgehead atoms. The van der Waals surface area contributed by atoms with Gasteiger partial charge in [0.2, 0.25) is 5.55 Å². The van der Waals surface area contributed by atoms with Gasteiger partial charge in [-0.15, -0.1) is 5.10 Å². The van der Waals surface area contributed by atoms with Crippen molar-refractivity contribution in [1.29, 1.82) is 0 Å². The molecule has 0 aliphatic heterocycles. The van der Waals surface area contributed by atoms with Crippen LogP contribution in [0.4, 0.5) is 5.69 Å². The van der Waals surface area contributed by atoms with Gasteiger partial charge in [-0.2, -0.15) is 0 Å². The van der Waals surface area contributed by atoms with Crippen LogP contribution in [-0.4, -0.2) is 18.9 Å². The molecule has 1 aromatic heterocycles. The van der Waals surface area contributed by atoms with Crippen molar-refractivity contribution in [1.82, 2.24) is 5.43 Å². The molecule has 1 heterocycles. The minimum absolute atomic E-state index is 0.0182. The molecular weight excluding hydrogens is 394 g/mol. The number of hydrogen-bond donors (Lipinski definition) is 2. The number of carbonyl (C=O) groups excluding carboxylic acids is 2. The van der Waals surface area contributed by atoms with Crippen molar-refractivity contribution < 1.29 is 18.7 Å². The second kappa shape index (κ2) is 8.96. The summed E-state index contributed by atoms with van der Waals surface area (Å²) in [7, 11) is 1.56. The second-order valence-electron chi connectivity index (χ2n) is 6.61. The second-order valence-corrected chi connectivity index (χ2v) is 6.61. The third kappa shape index (κ3) is 4.62. The molecule has 7 nitrogen and oxygen atoms in total. The Labute approximate surface area is 178 Å². The Kier molecular flexibility index (Phi) is 5.75. The van der Waals surface area contributed by atoms with Gasteiger partial charge in [0.1, 0.15) is 16.9 Å². The molecule has 3 aromatic carbocycles. The normalized spacial score (nSPS) is 11.2. The minimum Gasteiger partial charge on any atom is -0.497 e. The molecule has 0 atom stereocenters. The Hall–Kier alpha value is -4.39. The van der Waals surface area contributed by atoms with Crippen LogP contribution in [0.3, 0.4) is 0 Å². The molecule has 0 radical (unpaired) electrons. The van der Waals surface area contributed by atoms with Gasteiger partial charge in [-0.25, -0.2) is 5.43 Å². The van der Waals surface area contributed by atoms with Crippen molar-refractivity contribution in [3.63, 3.8) is 0 Å². The number of nitrogens with zero attached hydrogens (tertiary/aromatic N) is 1. The maximum absolute atomic E-state index is 13.0. The van der Waals surface area contributed by atoms with E-state index in [1.165, 1.54) is 0 Å². The summed E-state index contributed by atoms with van der Waals surface area (Å²) in [6.45, 7) is 0. The minimum atomic E-state index is -0.424. The highest BCUT2D eigenvalue weighted by Crippen LogP contribution is 2.20. The molecule has 0 spiro atoms. The summed E-state index contributed by atoms with van der Waals surface area (Å²) in [5.41, 5.74) is 4.15. The molecule has 0 unspecified atom stereocenters. The molecule has 2 N–H and O–H groups in total. The average Bonchev–Trinajstić information content (AvgIpc) is 2.82. The molecule has 4 rings (SSSR count). The van der Waals surface area contributed by atoms with Gasteiger partial charge in [0.15, 0.2) is 0 Å². The number of methoxy groups -OCH3 is 1. The Morgan fingerprint density at radius 1 is 0.871 bits per heavy atom. The van der Waals surface area contributed by atoms with Gasteiger partial charge in [-0.1, -0.05) is 36.4 Å². The average molecular weight is 413 g/mol. The van der Waals surface area contributed by atoms with E-state index in [2.05, 4.69) is 15.8 Å². The molecular formula is C24H19N3O4. The summed E-state index contributed by atoms with van der Waals surface area (Å²) in [6, 6.07) is 24.5. The van der Waals surface area contributed by atoms with Crippen LogP contribution < -0.4 is 21.0 Å². The van der Waals surface area contributed by atoms with Crippen LogP contribution in [0, 0.1) is 0 Å². The third-order valence-corrected chi connectivity index (χ3v) is 4.53. The summed E-state index contributed by atoms with van der Waals surface area (Å²) in [4.78, 5) is 25.3. The van der Waals surface area contributed by atoms with Crippen LogP contribution >= 0.6 is 0 Å². The maximum Gasteiger partial charge on any atom is 0.271 e. The smallest absolute Gasteiger partial charge is 0.271 e. The fourth-order valence-corrected chi connectivity index (χ4v) is 2.96. The van der Waals surface area contributed by atoms with Crippen LogP contribution in [0.25, 0.3) is 11.0 Å². The van der Waals surface area contributed by atoms with Gasteiger partial charge in [-0.05, 0) is 48.5 Å². The quantitative estimate of drug-likeness (QED) is 0.485. The SMILES string of the molecule is COc1ccc2oc(=NNC(=O)c3ccccc3)c(C(=O)Nc3ccccc3)cc2c1. The monoisotopic (exact) mass is 413 g/mol. The summed E-state index contributed by atoms with van der Waals surface area (Å²) in [5.74, 6) is -0.216. The van der Waals surface area contributed by atoms with Crippen LogP contribution in [0.15, 0.2) is 94.4 Å². The lowest BCUT2D eigenvalue weighted by molar-refractivity contribution is 0.0948. The van der Waals surface area contributed by atoms with Gasteiger partial charge in [-0.3, -0.25) is 9.59 Å². The fourth-order valence-electron chi connectivity index (χ4n) is 2.96. The summed E-state index contributed by atoms with van der Waals surface area (Å²) >= 11 is 0. The van der Waals surface area contributed by atoms with E-state index >= 15 is 0 Å². The van der Waals surface area contributed by atoms with Gasteiger partial charge < -0.3 is 14.5 Å². The van der Waals surface area contributed by atoms with E-state index in [9.17, 15) is 9.59 Å². The lowest BCUT2D eigenvalue weighted by atomic mass is 10.1. The Morgan fingerprint density at radius 3 is 2.29 bits per heavy atom. The Balaban J connectivity index is 1.75. The molecule has 0 fully saturated rings. The van der Waals surface area contributed by atoms with E-state index in [1.807, 2.05) is 24.3 Å². The predicted molar refractivity (Wildman–Crippen MR) is 117 cm³/mol. The zero-order valence-electron chi connectivity index (χ0n) is 16.7. The van der Waals surface area contributed by atoms with E-state index in [1.54, 1.807) is 67.8 Å². The number of fused-ring (bicyclic) bond motifs is 1. The number of para-hydroxylation sites is 1. The number of hydrogen-bond acceptors (Lipinski definition) is 5. The van der Waals surface area contributed by atoms with Crippen molar-refractivity contribution in [3.05, 3.63) is 102 Å². The standard InChI is InChI=1S/C24H19N3O4/c1-30-19-12-13-21-17(14-19)15-20(23(29)25-18-10-6-3-7-11-18)24(31-21)27-26-22(28)16-8-4-2-5-9-16/h2-15H,1H3,(H,25,29)(H,26,28). The topological polar surface area (TPSA) is 92.9 Å². The van der Waals surface area contributed by atoms with E-state index < -0.39 is 11.8 Å². The number of anilines is 1. The largest absolute Gasteiger partial charge is 0.497 e. The molecule has 0 aliphatic rings. The predicted octanol–water partition coefficient (Wildman–Crippen LogP) is 3.94. The number of carbonyl (C=O) groups is 2. The van der Waals surface area contributed by atoms with E-state index in [4.69, 9.17) is 9.15 Å². The van der Waals surface area contributed by atoms with Crippen LogP contribution in [0.2, 0.25) is 0 Å². The first kappa shape index (κ1) is 19.9. The molecule has 2 amide bonds. The Bertz CT molecular complexity index is 1300. The molecule has 0 aliphatic carbocycles. The number of rotatable bonds is 5. The van der Waals surface area contributed by atoms with Crippen LogP contribution in [0.5, 0.6) is 5.75 Å². The maximum atomic E-state index is 13.0.